The highest BCUT2D eigenvalue weighted by atomic mass is 16.5. The Balaban J connectivity index is 1.36. The number of rotatable bonds is 20. The third-order valence-corrected chi connectivity index (χ3v) is 8.56. The van der Waals surface area contributed by atoms with Crippen molar-refractivity contribution in [1.82, 2.24) is 4.90 Å². The second-order valence-electron chi connectivity index (χ2n) is 12.1. The maximum Gasteiger partial charge on any atom is 0.338 e. The zero-order valence-electron chi connectivity index (χ0n) is 28.0. The number of ketones is 1. The summed E-state index contributed by atoms with van der Waals surface area (Å²) in [5.74, 6) is -3.51. The Morgan fingerprint density at radius 3 is 1.79 bits per heavy atom. The number of carbonyl (C=O) groups is 5. The number of amides is 3. The molecule has 1 unspecified atom stereocenters. The zero-order valence-corrected chi connectivity index (χ0v) is 28.0. The van der Waals surface area contributed by atoms with Gasteiger partial charge in [-0.1, -0.05) is 120 Å². The lowest BCUT2D eigenvalue weighted by Crippen LogP contribution is -2.52. The molecule has 254 valence electrons. The number of hydrogen-bond donors (Lipinski definition) is 1. The smallest absolute Gasteiger partial charge is 0.338 e. The normalized spacial score (nSPS) is 12.8. The number of Topliss-reactive ketones (excluding diaryl/α,β-unsaturated/α-hetero) is 1. The molecule has 0 saturated carbocycles. The molecule has 9 heteroatoms. The molecular formula is C39H46N2O7. The van der Waals surface area contributed by atoms with E-state index in [2.05, 4.69) is 12.2 Å². The van der Waals surface area contributed by atoms with Crippen LogP contribution in [0, 0.1) is 0 Å². The van der Waals surface area contributed by atoms with Crippen LogP contribution in [0.1, 0.15) is 125 Å². The van der Waals surface area contributed by atoms with Gasteiger partial charge < -0.3 is 14.8 Å². The molecule has 1 atom stereocenters. The fraction of sp³-hybridized carbons (Fsp3) is 0.410. The van der Waals surface area contributed by atoms with E-state index in [1.54, 1.807) is 30.3 Å². The molecule has 0 aromatic heterocycles. The van der Waals surface area contributed by atoms with Crippen molar-refractivity contribution in [3.8, 4) is 5.75 Å². The Bertz CT molecular complexity index is 1530. The first-order valence-electron chi connectivity index (χ1n) is 17.1. The van der Waals surface area contributed by atoms with Crippen molar-refractivity contribution in [2.75, 3.05) is 19.0 Å². The predicted molar refractivity (Wildman–Crippen MR) is 184 cm³/mol. The summed E-state index contributed by atoms with van der Waals surface area (Å²) in [7, 11) is 1.40. The van der Waals surface area contributed by atoms with Crippen LogP contribution in [-0.4, -0.2) is 54.1 Å². The molecule has 1 N–H and O–H groups in total. The number of fused-ring (bicyclic) bond motifs is 1. The fourth-order valence-electron chi connectivity index (χ4n) is 5.88. The van der Waals surface area contributed by atoms with Crippen molar-refractivity contribution in [3.05, 3.63) is 95.1 Å². The molecule has 0 fully saturated rings. The lowest BCUT2D eigenvalue weighted by Gasteiger charge is -2.25. The van der Waals surface area contributed by atoms with Gasteiger partial charge in [-0.15, -0.1) is 0 Å². The van der Waals surface area contributed by atoms with E-state index in [4.69, 9.17) is 9.47 Å². The van der Waals surface area contributed by atoms with Crippen LogP contribution in [0.25, 0.3) is 0 Å². The van der Waals surface area contributed by atoms with E-state index in [-0.39, 0.29) is 40.3 Å². The van der Waals surface area contributed by atoms with Gasteiger partial charge in [0.2, 0.25) is 0 Å². The maximum absolute atomic E-state index is 13.9. The maximum atomic E-state index is 13.9. The lowest BCUT2D eigenvalue weighted by molar-refractivity contribution is -0.118. The molecule has 3 amide bonds. The number of carbonyl (C=O) groups excluding carboxylic acids is 5. The van der Waals surface area contributed by atoms with Gasteiger partial charge >= 0.3 is 5.97 Å². The monoisotopic (exact) mass is 654 g/mol. The van der Waals surface area contributed by atoms with Crippen molar-refractivity contribution >= 4 is 35.2 Å². The highest BCUT2D eigenvalue weighted by Crippen LogP contribution is 2.30. The molecule has 48 heavy (non-hydrogen) atoms. The second kappa shape index (κ2) is 18.5. The van der Waals surface area contributed by atoms with Crippen LogP contribution in [-0.2, 0) is 9.53 Å². The average molecular weight is 655 g/mol. The number of unbranched alkanes of at least 4 members (excludes halogenated alkanes) is 11. The van der Waals surface area contributed by atoms with Crippen LogP contribution in [0.15, 0.2) is 72.8 Å². The average Bonchev–Trinajstić information content (AvgIpc) is 3.35. The number of nitrogens with one attached hydrogen (secondary N) is 1. The zero-order chi connectivity index (χ0) is 34.3. The predicted octanol–water partition coefficient (Wildman–Crippen LogP) is 8.04. The van der Waals surface area contributed by atoms with Crippen molar-refractivity contribution in [3.63, 3.8) is 0 Å². The van der Waals surface area contributed by atoms with E-state index in [0.717, 1.165) is 19.3 Å². The van der Waals surface area contributed by atoms with Gasteiger partial charge in [-0.3, -0.25) is 24.1 Å². The largest absolute Gasteiger partial charge is 0.495 e. The van der Waals surface area contributed by atoms with Gasteiger partial charge in [0.25, 0.3) is 17.7 Å². The minimum absolute atomic E-state index is 0.0878. The number of nitrogens with zero attached hydrogens (tertiary/aromatic N) is 1. The summed E-state index contributed by atoms with van der Waals surface area (Å²) in [5.41, 5.74) is 0.631. The molecule has 0 bridgehead atoms. The summed E-state index contributed by atoms with van der Waals surface area (Å²) in [6, 6.07) is 16.8. The number of benzene rings is 3. The van der Waals surface area contributed by atoms with Crippen molar-refractivity contribution in [1.29, 1.82) is 0 Å². The summed E-state index contributed by atoms with van der Waals surface area (Å²) in [6.07, 6.45) is 14.4. The molecule has 0 saturated heterocycles. The number of esters is 1. The van der Waals surface area contributed by atoms with Crippen molar-refractivity contribution < 1.29 is 33.4 Å². The van der Waals surface area contributed by atoms with Gasteiger partial charge in [0.05, 0.1) is 36.1 Å². The van der Waals surface area contributed by atoms with E-state index in [0.29, 0.717) is 4.90 Å². The summed E-state index contributed by atoms with van der Waals surface area (Å²) >= 11 is 0. The molecule has 0 radical (unpaired) electrons. The molecule has 1 aliphatic rings. The van der Waals surface area contributed by atoms with E-state index in [9.17, 15) is 24.0 Å². The van der Waals surface area contributed by atoms with Gasteiger partial charge in [0.1, 0.15) is 5.75 Å². The minimum atomic E-state index is -1.81. The van der Waals surface area contributed by atoms with Gasteiger partial charge in [-0.05, 0) is 36.8 Å². The van der Waals surface area contributed by atoms with Crippen LogP contribution in [0.3, 0.4) is 0 Å². The Kier molecular flexibility index (Phi) is 13.9. The second-order valence-corrected chi connectivity index (χ2v) is 12.1. The minimum Gasteiger partial charge on any atom is -0.495 e. The number of hydrogen-bond acceptors (Lipinski definition) is 7. The van der Waals surface area contributed by atoms with Crippen LogP contribution in [0.2, 0.25) is 0 Å². The molecule has 3 aromatic carbocycles. The number of ether oxygens (including phenoxy) is 2. The van der Waals surface area contributed by atoms with Crippen LogP contribution >= 0.6 is 0 Å². The Hall–Kier alpha value is -4.79. The van der Waals surface area contributed by atoms with E-state index < -0.39 is 35.5 Å². The third-order valence-electron chi connectivity index (χ3n) is 8.56. The number of anilines is 1. The Labute approximate surface area is 283 Å². The van der Waals surface area contributed by atoms with E-state index in [1.807, 2.05) is 0 Å². The van der Waals surface area contributed by atoms with Crippen molar-refractivity contribution in [2.45, 2.75) is 90.0 Å². The highest BCUT2D eigenvalue weighted by molar-refractivity contribution is 6.28. The number of methoxy groups -OCH3 is 1. The molecule has 0 spiro atoms. The summed E-state index contributed by atoms with van der Waals surface area (Å²) in [6.45, 7) is 2.51. The molecule has 9 nitrogen and oxygen atoms in total. The first kappa shape index (κ1) is 36.1. The Morgan fingerprint density at radius 2 is 1.23 bits per heavy atom. The van der Waals surface area contributed by atoms with Gasteiger partial charge in [-0.2, -0.15) is 0 Å². The summed E-state index contributed by atoms with van der Waals surface area (Å²) in [5, 5.41) is 2.63. The summed E-state index contributed by atoms with van der Waals surface area (Å²) < 4.78 is 10.9. The SMILES string of the molecule is CCCCCCCCCCCCCCOC(=O)c1ccc(OC)c(NC(=O)C(C(=O)c2ccccc2)N2C(=O)c3ccccc3C2=O)c1. The fourth-order valence-corrected chi connectivity index (χ4v) is 5.88. The first-order valence-corrected chi connectivity index (χ1v) is 17.1. The molecular weight excluding hydrogens is 608 g/mol. The summed E-state index contributed by atoms with van der Waals surface area (Å²) in [4.78, 5) is 67.9. The van der Waals surface area contributed by atoms with Gasteiger partial charge in [0, 0.05) is 5.56 Å². The standard InChI is InChI=1S/C39H46N2O7/c1-3-4-5-6-7-8-9-10-11-12-13-19-26-48-39(46)29-24-25-33(47-2)32(27-29)40-36(43)34(35(42)28-20-15-14-16-21-28)41-37(44)30-22-17-18-23-31(30)38(41)45/h14-18,20-25,27,34H,3-13,19,26H2,1-2H3,(H,40,43). The first-order chi connectivity index (χ1) is 23.4. The highest BCUT2D eigenvalue weighted by Gasteiger charge is 2.46. The Morgan fingerprint density at radius 1 is 0.688 bits per heavy atom. The van der Waals surface area contributed by atoms with Crippen LogP contribution < -0.4 is 10.1 Å². The van der Waals surface area contributed by atoms with Crippen LogP contribution in [0.5, 0.6) is 5.75 Å². The number of imide groups is 1. The quantitative estimate of drug-likeness (QED) is 0.0431. The van der Waals surface area contributed by atoms with Crippen molar-refractivity contribution in [2.24, 2.45) is 0 Å². The molecule has 3 aromatic rings. The lowest BCUT2D eigenvalue weighted by atomic mass is 10.0. The van der Waals surface area contributed by atoms with Crippen LogP contribution in [0.4, 0.5) is 5.69 Å². The molecule has 1 aliphatic heterocycles. The van der Waals surface area contributed by atoms with E-state index >= 15 is 0 Å². The molecule has 0 aliphatic carbocycles. The molecule has 4 rings (SSSR count). The van der Waals surface area contributed by atoms with E-state index in [1.165, 1.54) is 107 Å². The van der Waals surface area contributed by atoms with Gasteiger partial charge in [0.15, 0.2) is 11.8 Å². The molecule has 1 heterocycles. The topological polar surface area (TPSA) is 119 Å². The van der Waals surface area contributed by atoms with Gasteiger partial charge in [-0.25, -0.2) is 4.79 Å². The third kappa shape index (κ3) is 9.40.